The molecule has 1 spiro atoms. The van der Waals surface area contributed by atoms with Crippen LogP contribution in [0.4, 0.5) is 9.18 Å². The largest absolute Gasteiger partial charge is 0.347 e. The molecule has 2 aliphatic rings. The van der Waals surface area contributed by atoms with Crippen LogP contribution in [0.2, 0.25) is 0 Å². The highest BCUT2D eigenvalue weighted by molar-refractivity contribution is 5.74. The summed E-state index contributed by atoms with van der Waals surface area (Å²) in [6.07, 6.45) is 1.41. The summed E-state index contributed by atoms with van der Waals surface area (Å²) in [5, 5.41) is 2.85. The van der Waals surface area contributed by atoms with Crippen molar-refractivity contribution in [2.45, 2.75) is 25.2 Å². The highest BCUT2D eigenvalue weighted by Gasteiger charge is 2.40. The molecular formula is C15H19FN2O3. The van der Waals surface area contributed by atoms with Gasteiger partial charge in [0, 0.05) is 32.5 Å². The SMILES string of the molecule is O=C(NCc1ccc(F)cc1)N1CCC2(CC1)OCCO2. The number of urea groups is 1. The van der Waals surface area contributed by atoms with Crippen LogP contribution in [0.5, 0.6) is 0 Å². The van der Waals surface area contributed by atoms with Crippen molar-refractivity contribution < 1.29 is 18.7 Å². The quantitative estimate of drug-likeness (QED) is 0.906. The van der Waals surface area contributed by atoms with Crippen molar-refractivity contribution in [3.8, 4) is 0 Å². The van der Waals surface area contributed by atoms with E-state index >= 15 is 0 Å². The number of carbonyl (C=O) groups is 1. The summed E-state index contributed by atoms with van der Waals surface area (Å²) in [7, 11) is 0. The van der Waals surface area contributed by atoms with E-state index in [-0.39, 0.29) is 11.8 Å². The molecule has 2 amide bonds. The fraction of sp³-hybridized carbons (Fsp3) is 0.533. The number of amides is 2. The Hall–Kier alpha value is -1.66. The maximum atomic E-state index is 12.8. The Morgan fingerprint density at radius 2 is 1.81 bits per heavy atom. The fourth-order valence-electron chi connectivity index (χ4n) is 2.73. The predicted molar refractivity (Wildman–Crippen MR) is 74.1 cm³/mol. The van der Waals surface area contributed by atoms with Crippen molar-refractivity contribution in [2.75, 3.05) is 26.3 Å². The maximum absolute atomic E-state index is 12.8. The van der Waals surface area contributed by atoms with Crippen LogP contribution in [0.25, 0.3) is 0 Å². The van der Waals surface area contributed by atoms with E-state index in [2.05, 4.69) is 5.32 Å². The van der Waals surface area contributed by atoms with Gasteiger partial charge in [-0.25, -0.2) is 9.18 Å². The lowest BCUT2D eigenvalue weighted by Crippen LogP contribution is -2.50. The van der Waals surface area contributed by atoms with Crippen LogP contribution < -0.4 is 5.32 Å². The zero-order valence-electron chi connectivity index (χ0n) is 11.8. The van der Waals surface area contributed by atoms with Crippen LogP contribution in [-0.4, -0.2) is 43.0 Å². The van der Waals surface area contributed by atoms with Gasteiger partial charge in [0.1, 0.15) is 5.82 Å². The third-order valence-electron chi connectivity index (χ3n) is 3.98. The smallest absolute Gasteiger partial charge is 0.317 e. The van der Waals surface area contributed by atoms with Gasteiger partial charge in [-0.05, 0) is 17.7 Å². The average Bonchev–Trinajstić information content (AvgIpc) is 2.95. The Balaban J connectivity index is 1.47. The van der Waals surface area contributed by atoms with E-state index in [9.17, 15) is 9.18 Å². The van der Waals surface area contributed by atoms with Crippen LogP contribution in [-0.2, 0) is 16.0 Å². The number of rotatable bonds is 2. The number of nitrogens with one attached hydrogen (secondary N) is 1. The van der Waals surface area contributed by atoms with Gasteiger partial charge in [-0.15, -0.1) is 0 Å². The third kappa shape index (κ3) is 3.33. The van der Waals surface area contributed by atoms with Crippen molar-refractivity contribution in [1.82, 2.24) is 10.2 Å². The van der Waals surface area contributed by atoms with Crippen molar-refractivity contribution in [1.29, 1.82) is 0 Å². The van der Waals surface area contributed by atoms with E-state index in [1.807, 2.05) is 0 Å². The van der Waals surface area contributed by atoms with Gasteiger partial charge in [0.15, 0.2) is 5.79 Å². The molecule has 5 nitrogen and oxygen atoms in total. The Bertz CT molecular complexity index is 490. The summed E-state index contributed by atoms with van der Waals surface area (Å²) in [6.45, 7) is 2.91. The highest BCUT2D eigenvalue weighted by Crippen LogP contribution is 2.31. The molecule has 3 rings (SSSR count). The lowest BCUT2D eigenvalue weighted by atomic mass is 10.0. The van der Waals surface area contributed by atoms with Gasteiger partial charge in [-0.3, -0.25) is 0 Å². The molecule has 0 atom stereocenters. The minimum Gasteiger partial charge on any atom is -0.347 e. The molecule has 0 aliphatic carbocycles. The van der Waals surface area contributed by atoms with Gasteiger partial charge in [-0.2, -0.15) is 0 Å². The molecule has 6 heteroatoms. The van der Waals surface area contributed by atoms with Crippen molar-refractivity contribution >= 4 is 6.03 Å². The van der Waals surface area contributed by atoms with E-state index in [0.717, 1.165) is 5.56 Å². The molecule has 0 radical (unpaired) electrons. The second-order valence-electron chi connectivity index (χ2n) is 5.38. The maximum Gasteiger partial charge on any atom is 0.317 e. The molecule has 0 unspecified atom stereocenters. The summed E-state index contributed by atoms with van der Waals surface area (Å²) in [6, 6.07) is 6.01. The van der Waals surface area contributed by atoms with Gasteiger partial charge in [0.05, 0.1) is 13.2 Å². The number of hydrogen-bond acceptors (Lipinski definition) is 3. The Morgan fingerprint density at radius 3 is 2.43 bits per heavy atom. The molecule has 1 aromatic rings. The number of piperidine rings is 1. The molecule has 0 aromatic heterocycles. The number of carbonyl (C=O) groups excluding carboxylic acids is 1. The third-order valence-corrected chi connectivity index (χ3v) is 3.98. The number of hydrogen-bond donors (Lipinski definition) is 1. The van der Waals surface area contributed by atoms with E-state index in [1.165, 1.54) is 12.1 Å². The molecule has 1 aromatic carbocycles. The van der Waals surface area contributed by atoms with E-state index < -0.39 is 5.79 Å². The molecule has 21 heavy (non-hydrogen) atoms. The van der Waals surface area contributed by atoms with Crippen LogP contribution in [0.3, 0.4) is 0 Å². The van der Waals surface area contributed by atoms with Crippen LogP contribution in [0.15, 0.2) is 24.3 Å². The molecule has 2 heterocycles. The summed E-state index contributed by atoms with van der Waals surface area (Å²) in [5.74, 6) is -0.740. The first kappa shape index (κ1) is 14.3. The fourth-order valence-corrected chi connectivity index (χ4v) is 2.73. The normalized spacial score (nSPS) is 20.7. The second-order valence-corrected chi connectivity index (χ2v) is 5.38. The lowest BCUT2D eigenvalue weighted by molar-refractivity contribution is -0.181. The Labute approximate surface area is 123 Å². The van der Waals surface area contributed by atoms with Gasteiger partial charge >= 0.3 is 6.03 Å². The lowest BCUT2D eigenvalue weighted by Gasteiger charge is -2.37. The molecule has 2 saturated heterocycles. The molecular weight excluding hydrogens is 275 g/mol. The zero-order valence-corrected chi connectivity index (χ0v) is 11.8. The standard InChI is InChI=1S/C15H19FN2O3/c16-13-3-1-12(2-4-13)11-17-14(19)18-7-5-15(6-8-18)20-9-10-21-15/h1-4H,5-11H2,(H,17,19). The second kappa shape index (κ2) is 5.99. The summed E-state index contributed by atoms with van der Waals surface area (Å²) < 4.78 is 24.1. The molecule has 1 N–H and O–H groups in total. The number of ether oxygens (including phenoxy) is 2. The van der Waals surface area contributed by atoms with Crippen molar-refractivity contribution in [3.63, 3.8) is 0 Å². The number of likely N-dealkylation sites (tertiary alicyclic amines) is 1. The highest BCUT2D eigenvalue weighted by atomic mass is 19.1. The van der Waals surface area contributed by atoms with Crippen LogP contribution in [0.1, 0.15) is 18.4 Å². The summed E-state index contributed by atoms with van der Waals surface area (Å²) in [4.78, 5) is 13.9. The van der Waals surface area contributed by atoms with Crippen LogP contribution >= 0.6 is 0 Å². The minimum atomic E-state index is -0.465. The zero-order chi connectivity index (χ0) is 14.7. The molecule has 2 aliphatic heterocycles. The van der Waals surface area contributed by atoms with Gasteiger partial charge in [0.2, 0.25) is 0 Å². The first-order valence-corrected chi connectivity index (χ1v) is 7.22. The molecule has 114 valence electrons. The Morgan fingerprint density at radius 1 is 1.19 bits per heavy atom. The van der Waals surface area contributed by atoms with Crippen molar-refractivity contribution in [2.24, 2.45) is 0 Å². The van der Waals surface area contributed by atoms with Crippen molar-refractivity contribution in [3.05, 3.63) is 35.6 Å². The van der Waals surface area contributed by atoms with Crippen LogP contribution in [0, 0.1) is 5.82 Å². The number of benzene rings is 1. The first-order valence-electron chi connectivity index (χ1n) is 7.22. The monoisotopic (exact) mass is 294 g/mol. The molecule has 0 bridgehead atoms. The summed E-state index contributed by atoms with van der Waals surface area (Å²) >= 11 is 0. The van der Waals surface area contributed by atoms with Gasteiger partial charge < -0.3 is 19.7 Å². The number of nitrogens with zero attached hydrogens (tertiary/aromatic N) is 1. The number of halogens is 1. The van der Waals surface area contributed by atoms with E-state index in [0.29, 0.717) is 45.7 Å². The molecule has 0 saturated carbocycles. The average molecular weight is 294 g/mol. The van der Waals surface area contributed by atoms with E-state index in [1.54, 1.807) is 17.0 Å². The minimum absolute atomic E-state index is 0.104. The molecule has 2 fully saturated rings. The van der Waals surface area contributed by atoms with E-state index in [4.69, 9.17) is 9.47 Å². The topological polar surface area (TPSA) is 50.8 Å². The predicted octanol–water partition coefficient (Wildman–Crippen LogP) is 1.87. The van der Waals surface area contributed by atoms with Gasteiger partial charge in [0.25, 0.3) is 0 Å². The Kier molecular flexibility index (Phi) is 4.07. The van der Waals surface area contributed by atoms with Gasteiger partial charge in [-0.1, -0.05) is 12.1 Å². The summed E-state index contributed by atoms with van der Waals surface area (Å²) in [5.41, 5.74) is 0.876. The first-order chi connectivity index (χ1) is 10.2.